The summed E-state index contributed by atoms with van der Waals surface area (Å²) in [5.74, 6) is -0.789. The van der Waals surface area contributed by atoms with E-state index in [4.69, 9.17) is 9.84 Å². The van der Waals surface area contributed by atoms with Gasteiger partial charge in [0.1, 0.15) is 0 Å². The topological polar surface area (TPSA) is 87.7 Å². The zero-order valence-corrected chi connectivity index (χ0v) is 11.8. The molecule has 6 heteroatoms. The Kier molecular flexibility index (Phi) is 5.23. The third-order valence-electron chi connectivity index (χ3n) is 4.33. The Morgan fingerprint density at radius 1 is 1.20 bits per heavy atom. The van der Waals surface area contributed by atoms with Crippen molar-refractivity contribution >= 4 is 12.0 Å². The highest BCUT2D eigenvalue weighted by atomic mass is 16.5. The summed E-state index contributed by atoms with van der Waals surface area (Å²) in [5, 5.41) is 14.5. The van der Waals surface area contributed by atoms with E-state index < -0.39 is 5.97 Å². The molecular formula is C14H24N2O4. The highest BCUT2D eigenvalue weighted by molar-refractivity contribution is 5.74. The van der Waals surface area contributed by atoms with E-state index in [0.29, 0.717) is 13.1 Å². The molecule has 0 spiro atoms. The summed E-state index contributed by atoms with van der Waals surface area (Å²) < 4.78 is 5.54. The highest BCUT2D eigenvalue weighted by Gasteiger charge is 2.39. The molecule has 20 heavy (non-hydrogen) atoms. The summed E-state index contributed by atoms with van der Waals surface area (Å²) in [5.41, 5.74) is -0.232. The fourth-order valence-electron chi connectivity index (χ4n) is 2.92. The molecule has 2 fully saturated rings. The predicted octanol–water partition coefficient (Wildman–Crippen LogP) is 1.50. The van der Waals surface area contributed by atoms with Crippen LogP contribution in [0.2, 0.25) is 0 Å². The molecule has 1 aliphatic carbocycles. The zero-order chi connectivity index (χ0) is 14.4. The molecule has 3 N–H and O–H groups in total. The maximum Gasteiger partial charge on any atom is 0.314 e. The van der Waals surface area contributed by atoms with Gasteiger partial charge in [0.15, 0.2) is 0 Å². The van der Waals surface area contributed by atoms with E-state index in [1.807, 2.05) is 0 Å². The monoisotopic (exact) mass is 284 g/mol. The molecule has 2 amide bonds. The van der Waals surface area contributed by atoms with Crippen LogP contribution >= 0.6 is 0 Å². The second-order valence-corrected chi connectivity index (χ2v) is 5.98. The van der Waals surface area contributed by atoms with Crippen molar-refractivity contribution in [3.63, 3.8) is 0 Å². The minimum absolute atomic E-state index is 0.117. The number of aliphatic carboxylic acids is 1. The van der Waals surface area contributed by atoms with Crippen molar-refractivity contribution in [3.8, 4) is 0 Å². The van der Waals surface area contributed by atoms with Gasteiger partial charge in [0, 0.05) is 19.7 Å². The molecular weight excluding hydrogens is 260 g/mol. The van der Waals surface area contributed by atoms with Gasteiger partial charge in [0.05, 0.1) is 12.5 Å². The first-order chi connectivity index (χ1) is 9.60. The number of hydrogen-bond acceptors (Lipinski definition) is 3. The predicted molar refractivity (Wildman–Crippen MR) is 73.5 cm³/mol. The normalized spacial score (nSPS) is 24.5. The van der Waals surface area contributed by atoms with Gasteiger partial charge < -0.3 is 20.5 Å². The van der Waals surface area contributed by atoms with E-state index in [2.05, 4.69) is 10.6 Å². The molecule has 0 radical (unpaired) electrons. The number of rotatable bonds is 6. The Bertz CT molecular complexity index is 349. The minimum atomic E-state index is -0.789. The first-order valence-electron chi connectivity index (χ1n) is 7.45. The molecule has 6 nitrogen and oxygen atoms in total. The van der Waals surface area contributed by atoms with Crippen LogP contribution in [0.5, 0.6) is 0 Å². The lowest BCUT2D eigenvalue weighted by Crippen LogP contribution is -2.48. The quantitative estimate of drug-likeness (QED) is 0.689. The molecule has 1 heterocycles. The van der Waals surface area contributed by atoms with Gasteiger partial charge in [-0.05, 0) is 37.5 Å². The number of hydrogen-bond donors (Lipinski definition) is 3. The van der Waals surface area contributed by atoms with Crippen molar-refractivity contribution in [2.75, 3.05) is 19.7 Å². The number of carbonyl (C=O) groups excluding carboxylic acids is 1. The van der Waals surface area contributed by atoms with Gasteiger partial charge in [-0.2, -0.15) is 0 Å². The smallest absolute Gasteiger partial charge is 0.314 e. The van der Waals surface area contributed by atoms with E-state index in [1.165, 1.54) is 0 Å². The lowest BCUT2D eigenvalue weighted by Gasteiger charge is -2.40. The summed E-state index contributed by atoms with van der Waals surface area (Å²) in [6, 6.07) is -0.226. The molecule has 1 atom stereocenters. The molecule has 2 rings (SSSR count). The second kappa shape index (κ2) is 6.92. The van der Waals surface area contributed by atoms with Crippen molar-refractivity contribution in [2.45, 2.75) is 51.0 Å². The first kappa shape index (κ1) is 15.1. The second-order valence-electron chi connectivity index (χ2n) is 5.98. The number of carboxylic acids is 1. The summed E-state index contributed by atoms with van der Waals surface area (Å²) in [7, 11) is 0. The molecule has 2 aliphatic rings. The summed E-state index contributed by atoms with van der Waals surface area (Å²) in [6.07, 6.45) is 6.30. The van der Waals surface area contributed by atoms with E-state index in [1.54, 1.807) is 0 Å². The van der Waals surface area contributed by atoms with E-state index in [-0.39, 0.29) is 24.0 Å². The molecule has 1 aliphatic heterocycles. The largest absolute Gasteiger partial charge is 0.481 e. The Morgan fingerprint density at radius 3 is 2.55 bits per heavy atom. The molecule has 0 bridgehead atoms. The highest BCUT2D eigenvalue weighted by Crippen LogP contribution is 2.43. The Hall–Kier alpha value is -1.30. The third kappa shape index (κ3) is 4.37. The minimum Gasteiger partial charge on any atom is -0.481 e. The van der Waals surface area contributed by atoms with Crippen LogP contribution in [0.15, 0.2) is 0 Å². The number of carboxylic acid groups (broad SMARTS) is 1. The van der Waals surface area contributed by atoms with Crippen LogP contribution < -0.4 is 10.6 Å². The Balaban J connectivity index is 1.65. The van der Waals surface area contributed by atoms with E-state index in [9.17, 15) is 9.59 Å². The molecule has 1 saturated carbocycles. The molecule has 114 valence electrons. The van der Waals surface area contributed by atoms with Crippen LogP contribution in [0, 0.1) is 5.41 Å². The summed E-state index contributed by atoms with van der Waals surface area (Å²) in [4.78, 5) is 22.6. The number of urea groups is 1. The SMILES string of the molecule is O=C(O)CC1(CNC(=O)NCC2CCCCO2)CCC1. The van der Waals surface area contributed by atoms with Gasteiger partial charge in [0.2, 0.25) is 0 Å². The van der Waals surface area contributed by atoms with Gasteiger partial charge in [-0.1, -0.05) is 6.42 Å². The van der Waals surface area contributed by atoms with Crippen molar-refractivity contribution in [3.05, 3.63) is 0 Å². The number of ether oxygens (including phenoxy) is 1. The van der Waals surface area contributed by atoms with Crippen LogP contribution in [-0.4, -0.2) is 42.9 Å². The number of carbonyl (C=O) groups is 2. The van der Waals surface area contributed by atoms with E-state index in [0.717, 1.165) is 45.1 Å². The molecule has 0 aromatic carbocycles. The average Bonchev–Trinajstić information content (AvgIpc) is 2.40. The lowest BCUT2D eigenvalue weighted by atomic mass is 9.66. The van der Waals surface area contributed by atoms with Crippen LogP contribution in [0.3, 0.4) is 0 Å². The maximum atomic E-state index is 11.7. The van der Waals surface area contributed by atoms with Crippen molar-refractivity contribution in [1.29, 1.82) is 0 Å². The fraction of sp³-hybridized carbons (Fsp3) is 0.857. The van der Waals surface area contributed by atoms with E-state index >= 15 is 0 Å². The maximum absolute atomic E-state index is 11.7. The van der Waals surface area contributed by atoms with Crippen LogP contribution in [0.4, 0.5) is 4.79 Å². The number of nitrogens with one attached hydrogen (secondary N) is 2. The zero-order valence-electron chi connectivity index (χ0n) is 11.8. The molecule has 1 saturated heterocycles. The van der Waals surface area contributed by atoms with Crippen molar-refractivity contribution < 1.29 is 19.4 Å². The summed E-state index contributed by atoms with van der Waals surface area (Å²) >= 11 is 0. The third-order valence-corrected chi connectivity index (χ3v) is 4.33. The molecule has 0 aromatic heterocycles. The first-order valence-corrected chi connectivity index (χ1v) is 7.45. The van der Waals surface area contributed by atoms with Gasteiger partial charge >= 0.3 is 12.0 Å². The van der Waals surface area contributed by atoms with Crippen LogP contribution in [0.25, 0.3) is 0 Å². The van der Waals surface area contributed by atoms with Crippen molar-refractivity contribution in [2.24, 2.45) is 5.41 Å². The number of amides is 2. The average molecular weight is 284 g/mol. The molecule has 0 aromatic rings. The fourth-order valence-corrected chi connectivity index (χ4v) is 2.92. The Morgan fingerprint density at radius 2 is 2.00 bits per heavy atom. The van der Waals surface area contributed by atoms with Gasteiger partial charge in [-0.3, -0.25) is 4.79 Å². The van der Waals surface area contributed by atoms with Crippen LogP contribution in [0.1, 0.15) is 44.9 Å². The standard InChI is InChI=1S/C14H24N2O4/c17-12(18)8-14(5-3-6-14)10-16-13(19)15-9-11-4-1-2-7-20-11/h11H,1-10H2,(H,17,18)(H2,15,16,19). The Labute approximate surface area is 119 Å². The lowest BCUT2D eigenvalue weighted by molar-refractivity contribution is -0.141. The van der Waals surface area contributed by atoms with Crippen molar-refractivity contribution in [1.82, 2.24) is 10.6 Å². The van der Waals surface area contributed by atoms with Gasteiger partial charge in [-0.25, -0.2) is 4.79 Å². The van der Waals surface area contributed by atoms with Crippen LogP contribution in [-0.2, 0) is 9.53 Å². The molecule has 1 unspecified atom stereocenters. The van der Waals surface area contributed by atoms with Gasteiger partial charge in [0.25, 0.3) is 0 Å². The summed E-state index contributed by atoms with van der Waals surface area (Å²) in [6.45, 7) is 1.74. The van der Waals surface area contributed by atoms with Gasteiger partial charge in [-0.15, -0.1) is 0 Å².